The molecule has 3 saturated carbocycles. The van der Waals surface area contributed by atoms with Crippen molar-refractivity contribution in [2.45, 2.75) is 179 Å². The molecule has 62 heavy (non-hydrogen) atoms. The Hall–Kier alpha value is -2.79. The molecule has 4 aliphatic carbocycles. The number of esters is 2. The van der Waals surface area contributed by atoms with Gasteiger partial charge in [0.15, 0.2) is 24.8 Å². The fourth-order valence-corrected chi connectivity index (χ4v) is 12.3. The van der Waals surface area contributed by atoms with Crippen LogP contribution >= 0.6 is 0 Å². The van der Waals surface area contributed by atoms with Gasteiger partial charge >= 0.3 is 11.9 Å². The number of aliphatic hydroxyl groups excluding tert-OH is 4. The normalized spacial score (nSPS) is 42.2. The van der Waals surface area contributed by atoms with E-state index in [1.165, 1.54) is 12.5 Å². The molecule has 14 nitrogen and oxygen atoms in total. The molecule has 0 amide bonds. The average molecular weight is 871 g/mol. The van der Waals surface area contributed by atoms with E-state index in [4.69, 9.17) is 28.4 Å². The van der Waals surface area contributed by atoms with Gasteiger partial charge in [-0.05, 0) is 92.4 Å². The maximum atomic E-state index is 14.2. The summed E-state index contributed by atoms with van der Waals surface area (Å²) in [6.07, 6.45) is -4.37. The van der Waals surface area contributed by atoms with Crippen LogP contribution < -0.4 is 0 Å². The smallest absolute Gasteiger partial charge is 0.306 e. The van der Waals surface area contributed by atoms with Gasteiger partial charge in [-0.2, -0.15) is 0 Å². The van der Waals surface area contributed by atoms with Crippen LogP contribution in [0.4, 0.5) is 0 Å². The van der Waals surface area contributed by atoms with Crippen molar-refractivity contribution >= 4 is 17.7 Å². The highest BCUT2D eigenvalue weighted by Gasteiger charge is 2.70. The van der Waals surface area contributed by atoms with Gasteiger partial charge in [-0.3, -0.25) is 14.4 Å². The van der Waals surface area contributed by atoms with E-state index in [0.29, 0.717) is 44.4 Å². The summed E-state index contributed by atoms with van der Waals surface area (Å²) >= 11 is 0. The first-order valence-corrected chi connectivity index (χ1v) is 23.0. The molecule has 346 valence electrons. The Morgan fingerprint density at radius 2 is 1.53 bits per heavy atom. The molecule has 1 aromatic rings. The third-order valence-corrected chi connectivity index (χ3v) is 15.9. The topological polar surface area (TPSA) is 208 Å². The van der Waals surface area contributed by atoms with Crippen molar-refractivity contribution < 1.29 is 68.3 Å². The summed E-state index contributed by atoms with van der Waals surface area (Å²) in [4.78, 5) is 40.1. The molecule has 2 heterocycles. The number of fused-ring (bicyclic) bond motifs is 5. The van der Waals surface area contributed by atoms with Crippen LogP contribution in [-0.4, -0.2) is 123 Å². The van der Waals surface area contributed by atoms with E-state index in [2.05, 4.69) is 33.8 Å². The summed E-state index contributed by atoms with van der Waals surface area (Å²) in [7, 11) is 0. The molecule has 0 bridgehead atoms. The highest BCUT2D eigenvalue weighted by Crippen LogP contribution is 2.69. The number of ether oxygens (including phenoxy) is 6. The predicted octanol–water partition coefficient (Wildman–Crippen LogP) is 4.33. The number of aliphatic hydroxyl groups is 5. The van der Waals surface area contributed by atoms with Crippen LogP contribution in [-0.2, 0) is 49.2 Å². The van der Waals surface area contributed by atoms with E-state index in [1.54, 1.807) is 6.92 Å². The minimum absolute atomic E-state index is 0.0358. The first-order valence-electron chi connectivity index (χ1n) is 23.0. The first-order chi connectivity index (χ1) is 29.4. The van der Waals surface area contributed by atoms with E-state index in [0.717, 1.165) is 31.2 Å². The van der Waals surface area contributed by atoms with Crippen LogP contribution in [0.2, 0.25) is 0 Å². The highest BCUT2D eigenvalue weighted by atomic mass is 16.8. The number of benzene rings is 1. The lowest BCUT2D eigenvalue weighted by Gasteiger charge is -2.59. The van der Waals surface area contributed by atoms with Crippen LogP contribution in [0.15, 0.2) is 42.0 Å². The molecule has 0 radical (unpaired) electrons. The molecule has 5 N–H and O–H groups in total. The number of rotatable bonds is 14. The molecule has 0 spiro atoms. The lowest BCUT2D eigenvalue weighted by Crippen LogP contribution is -2.64. The van der Waals surface area contributed by atoms with Gasteiger partial charge in [0.25, 0.3) is 0 Å². The number of allylic oxidation sites excluding steroid dienone is 1. The first kappa shape index (κ1) is 47.2. The molecule has 1 unspecified atom stereocenters. The maximum Gasteiger partial charge on any atom is 0.306 e. The number of carbonyl (C=O) groups excluding carboxylic acids is 3. The quantitative estimate of drug-likeness (QED) is 0.130. The van der Waals surface area contributed by atoms with Gasteiger partial charge in [0.1, 0.15) is 35.8 Å². The third-order valence-electron chi connectivity index (χ3n) is 15.9. The lowest BCUT2D eigenvalue weighted by atomic mass is 9.46. The van der Waals surface area contributed by atoms with E-state index in [-0.39, 0.29) is 54.7 Å². The van der Waals surface area contributed by atoms with Crippen LogP contribution in [0, 0.1) is 40.4 Å². The zero-order valence-corrected chi connectivity index (χ0v) is 37.2. The molecule has 2 saturated heterocycles. The monoisotopic (exact) mass is 870 g/mol. The number of Topliss-reactive ketones (excluding diaryl/α,β-unsaturated/α-hetero) is 1. The highest BCUT2D eigenvalue weighted by molar-refractivity contribution is 5.82. The van der Waals surface area contributed by atoms with Gasteiger partial charge < -0.3 is 54.0 Å². The largest absolute Gasteiger partial charge is 0.454 e. The van der Waals surface area contributed by atoms with Gasteiger partial charge in [0, 0.05) is 31.1 Å². The molecule has 5 fully saturated rings. The minimum atomic E-state index is -1.66. The van der Waals surface area contributed by atoms with Crippen LogP contribution in [0.25, 0.3) is 0 Å². The Labute approximate surface area is 365 Å². The fraction of sp³-hybridized carbons (Fsp3) is 0.771. The van der Waals surface area contributed by atoms with Gasteiger partial charge in [-0.25, -0.2) is 0 Å². The summed E-state index contributed by atoms with van der Waals surface area (Å²) in [5.41, 5.74) is -0.262. The van der Waals surface area contributed by atoms with Crippen molar-refractivity contribution in [3.63, 3.8) is 0 Å². The third kappa shape index (κ3) is 9.07. The molecule has 17 atom stereocenters. The number of hydrogen-bond donors (Lipinski definition) is 5. The van der Waals surface area contributed by atoms with Gasteiger partial charge in [0.05, 0.1) is 25.4 Å². The predicted molar refractivity (Wildman–Crippen MR) is 224 cm³/mol. The Morgan fingerprint density at radius 1 is 0.839 bits per heavy atom. The molecule has 14 heteroatoms. The summed E-state index contributed by atoms with van der Waals surface area (Å²) < 4.78 is 36.6. The van der Waals surface area contributed by atoms with E-state index in [9.17, 15) is 39.9 Å². The molecule has 7 rings (SSSR count). The molecule has 1 aromatic carbocycles. The van der Waals surface area contributed by atoms with Crippen molar-refractivity contribution in [2.24, 2.45) is 40.4 Å². The number of carbonyl (C=O) groups is 3. The van der Waals surface area contributed by atoms with Crippen molar-refractivity contribution in [2.75, 3.05) is 13.2 Å². The van der Waals surface area contributed by atoms with Gasteiger partial charge in [-0.15, -0.1) is 0 Å². The summed E-state index contributed by atoms with van der Waals surface area (Å²) in [5.74, 6) is -1.56. The van der Waals surface area contributed by atoms with E-state index < -0.39 is 84.2 Å². The molecular weight excluding hydrogens is 801 g/mol. The lowest BCUT2D eigenvalue weighted by molar-refractivity contribution is -0.346. The van der Waals surface area contributed by atoms with E-state index in [1.807, 2.05) is 30.3 Å². The van der Waals surface area contributed by atoms with Crippen LogP contribution in [0.1, 0.15) is 111 Å². The Morgan fingerprint density at radius 3 is 2.23 bits per heavy atom. The van der Waals surface area contributed by atoms with Crippen LogP contribution in [0.3, 0.4) is 0 Å². The number of aryl methyl sites for hydroxylation is 1. The zero-order chi connectivity index (χ0) is 44.7. The summed E-state index contributed by atoms with van der Waals surface area (Å²) in [6.45, 7) is 10.8. The summed E-state index contributed by atoms with van der Waals surface area (Å²) in [5, 5.41) is 57.0. The Bertz CT molecular complexity index is 1770. The standard InChI is InChI=1S/C48H70O14/c1-26(2)12-16-35(51)27(3)48(56)38(23-34-32-15-14-30-22-31(50)18-20-46(30,5)33(32)19-21-47(34,48)6)60-45-43(59-28(4)49)41(37(53)25-58-45)62-44-42(40(55)36(52)24-57-44)61-39(54)17-13-29-10-8-7-9-11-29/h7-11,14,26-27,31-34,36-38,40-45,50,52-53,55-56H,12-13,15-25H2,1-6H3/t27-,31+,32-,33?,34+,36-,37+,38+,40+,41+,42-,43-,44+,45+,46+,47+,48-/m1/s1. The SMILES string of the molecule is CC(=O)O[C@H]1[C@H](O[C@H]2C[C@H]3[C@@H]4CC=C5C[C@@H](O)CC[C@]5(C)C4CC[C@]3(C)[C@@]2(O)[C@H](C)C(=O)CCC(C)C)OC[C@H](O)[C@@H]1O[C@@H]1OC[C@@H](O)[C@H](O)[C@H]1OC(=O)CCc1ccccc1. The van der Waals surface area contributed by atoms with Crippen molar-refractivity contribution in [3.8, 4) is 0 Å². The molecule has 2 aliphatic heterocycles. The fourth-order valence-electron chi connectivity index (χ4n) is 12.3. The average Bonchev–Trinajstić information content (AvgIpc) is 3.47. The second kappa shape index (κ2) is 19.0. The molecule has 6 aliphatic rings. The maximum absolute atomic E-state index is 14.2. The Balaban J connectivity index is 1.16. The van der Waals surface area contributed by atoms with Crippen LogP contribution in [0.5, 0.6) is 0 Å². The second-order valence-electron chi connectivity index (χ2n) is 20.1. The zero-order valence-electron chi connectivity index (χ0n) is 37.2. The summed E-state index contributed by atoms with van der Waals surface area (Å²) in [6, 6.07) is 9.32. The molecule has 0 aromatic heterocycles. The number of hydrogen-bond acceptors (Lipinski definition) is 14. The molecular formula is C48H70O14. The Kier molecular flexibility index (Phi) is 14.4. The second-order valence-corrected chi connectivity index (χ2v) is 20.1. The van der Waals surface area contributed by atoms with Gasteiger partial charge in [-0.1, -0.05) is 76.6 Å². The van der Waals surface area contributed by atoms with Crippen molar-refractivity contribution in [1.82, 2.24) is 0 Å². The number of ketones is 1. The van der Waals surface area contributed by atoms with Crippen molar-refractivity contribution in [3.05, 3.63) is 47.5 Å². The van der Waals surface area contributed by atoms with E-state index >= 15 is 0 Å². The minimum Gasteiger partial charge on any atom is -0.454 e. The van der Waals surface area contributed by atoms with Gasteiger partial charge in [0.2, 0.25) is 0 Å². The van der Waals surface area contributed by atoms with Crippen molar-refractivity contribution in [1.29, 1.82) is 0 Å².